The number of hydrogen-bond acceptors (Lipinski definition) is 3. The minimum absolute atomic E-state index is 0.0928. The zero-order valence-corrected chi connectivity index (χ0v) is 13.3. The molecule has 0 saturated carbocycles. The molecule has 19 heavy (non-hydrogen) atoms. The van der Waals surface area contributed by atoms with Crippen molar-refractivity contribution >= 4 is 23.4 Å². The molecule has 3 nitrogen and oxygen atoms in total. The van der Waals surface area contributed by atoms with Crippen LogP contribution in [-0.4, -0.2) is 30.5 Å². The molecule has 1 amide bonds. The summed E-state index contributed by atoms with van der Waals surface area (Å²) >= 11 is 1.66. The summed E-state index contributed by atoms with van der Waals surface area (Å²) in [6.07, 6.45) is 0. The van der Waals surface area contributed by atoms with Crippen molar-refractivity contribution in [2.45, 2.75) is 32.1 Å². The highest BCUT2D eigenvalue weighted by molar-refractivity contribution is 8.01. The summed E-state index contributed by atoms with van der Waals surface area (Å²) in [7, 11) is 4.02. The third kappa shape index (κ3) is 6.53. The number of carbonyl (C=O) groups excluding carboxylic acids is 1. The van der Waals surface area contributed by atoms with E-state index in [2.05, 4.69) is 43.1 Å². The van der Waals surface area contributed by atoms with Crippen LogP contribution in [0.25, 0.3) is 0 Å². The Morgan fingerprint density at radius 1 is 1.32 bits per heavy atom. The van der Waals surface area contributed by atoms with Gasteiger partial charge in [-0.25, -0.2) is 0 Å². The first-order chi connectivity index (χ1) is 8.78. The SMILES string of the molecule is CN(C)c1cccc(CNC(=O)CSC(C)(C)C)c1. The van der Waals surface area contributed by atoms with E-state index in [4.69, 9.17) is 0 Å². The van der Waals surface area contributed by atoms with Crippen LogP contribution >= 0.6 is 11.8 Å². The Kier molecular flexibility index (Phi) is 5.73. The molecule has 0 aliphatic heterocycles. The Labute approximate surface area is 120 Å². The first kappa shape index (κ1) is 15.9. The molecule has 106 valence electrons. The first-order valence-corrected chi connectivity index (χ1v) is 7.43. The number of carbonyl (C=O) groups is 1. The number of amides is 1. The van der Waals surface area contributed by atoms with Crippen LogP contribution in [-0.2, 0) is 11.3 Å². The molecule has 0 atom stereocenters. The highest BCUT2D eigenvalue weighted by Crippen LogP contribution is 2.22. The second-order valence-corrected chi connectivity index (χ2v) is 7.54. The number of benzene rings is 1. The summed E-state index contributed by atoms with van der Waals surface area (Å²) in [4.78, 5) is 13.8. The Balaban J connectivity index is 2.44. The molecule has 0 aromatic heterocycles. The largest absolute Gasteiger partial charge is 0.378 e. The molecule has 0 bridgehead atoms. The predicted molar refractivity (Wildman–Crippen MR) is 84.8 cm³/mol. The van der Waals surface area contributed by atoms with E-state index < -0.39 is 0 Å². The Hall–Kier alpha value is -1.16. The van der Waals surface area contributed by atoms with Crippen molar-refractivity contribution in [3.05, 3.63) is 29.8 Å². The van der Waals surface area contributed by atoms with Crippen LogP contribution in [0.5, 0.6) is 0 Å². The number of anilines is 1. The Bertz CT molecular complexity index is 424. The molecule has 1 N–H and O–H groups in total. The third-order valence-electron chi connectivity index (χ3n) is 2.55. The summed E-state index contributed by atoms with van der Waals surface area (Å²) in [6, 6.07) is 8.20. The molecule has 0 radical (unpaired) electrons. The molecule has 4 heteroatoms. The number of hydrogen-bond donors (Lipinski definition) is 1. The van der Waals surface area contributed by atoms with E-state index in [0.717, 1.165) is 11.3 Å². The van der Waals surface area contributed by atoms with Gasteiger partial charge in [0.2, 0.25) is 5.91 Å². The van der Waals surface area contributed by atoms with Crippen LogP contribution in [0.15, 0.2) is 24.3 Å². The smallest absolute Gasteiger partial charge is 0.230 e. The van der Waals surface area contributed by atoms with Gasteiger partial charge in [-0.15, -0.1) is 11.8 Å². The van der Waals surface area contributed by atoms with Gasteiger partial charge in [-0.1, -0.05) is 32.9 Å². The van der Waals surface area contributed by atoms with E-state index >= 15 is 0 Å². The molecule has 1 aromatic carbocycles. The number of thioether (sulfide) groups is 1. The second kappa shape index (κ2) is 6.85. The molecule has 0 aliphatic rings. The van der Waals surface area contributed by atoms with Gasteiger partial charge in [-0.3, -0.25) is 4.79 Å². The molecular formula is C15H24N2OS. The fourth-order valence-corrected chi connectivity index (χ4v) is 2.14. The maximum atomic E-state index is 11.7. The Morgan fingerprint density at radius 2 is 2.00 bits per heavy atom. The fraction of sp³-hybridized carbons (Fsp3) is 0.533. The van der Waals surface area contributed by atoms with Crippen molar-refractivity contribution in [2.75, 3.05) is 24.7 Å². The average molecular weight is 280 g/mol. The minimum atomic E-state index is 0.0928. The summed E-state index contributed by atoms with van der Waals surface area (Å²) in [5, 5.41) is 2.96. The van der Waals surface area contributed by atoms with Crippen LogP contribution in [0.3, 0.4) is 0 Å². The lowest BCUT2D eigenvalue weighted by Crippen LogP contribution is -2.26. The normalized spacial score (nSPS) is 11.2. The van der Waals surface area contributed by atoms with Gasteiger partial charge in [0.25, 0.3) is 0 Å². The summed E-state index contributed by atoms with van der Waals surface area (Å²) in [6.45, 7) is 6.94. The molecule has 0 unspecified atom stereocenters. The van der Waals surface area contributed by atoms with Crippen LogP contribution in [0.1, 0.15) is 26.3 Å². The van der Waals surface area contributed by atoms with Crippen molar-refractivity contribution in [2.24, 2.45) is 0 Å². The molecule has 0 fully saturated rings. The van der Waals surface area contributed by atoms with Crippen molar-refractivity contribution in [3.63, 3.8) is 0 Å². The molecule has 0 heterocycles. The van der Waals surface area contributed by atoms with E-state index in [0.29, 0.717) is 12.3 Å². The summed E-state index contributed by atoms with van der Waals surface area (Å²) < 4.78 is 0.127. The van der Waals surface area contributed by atoms with Crippen molar-refractivity contribution in [1.29, 1.82) is 0 Å². The molecule has 1 aromatic rings. The molecule has 0 spiro atoms. The van der Waals surface area contributed by atoms with Gasteiger partial charge in [0.15, 0.2) is 0 Å². The van der Waals surface area contributed by atoms with E-state index in [1.807, 2.05) is 26.2 Å². The summed E-state index contributed by atoms with van der Waals surface area (Å²) in [5.41, 5.74) is 2.27. The van der Waals surface area contributed by atoms with Crippen molar-refractivity contribution in [1.82, 2.24) is 5.32 Å². The quantitative estimate of drug-likeness (QED) is 0.900. The lowest BCUT2D eigenvalue weighted by molar-refractivity contribution is -0.118. The van der Waals surface area contributed by atoms with Crippen molar-refractivity contribution < 1.29 is 4.79 Å². The number of rotatable bonds is 5. The van der Waals surface area contributed by atoms with Gasteiger partial charge < -0.3 is 10.2 Å². The van der Waals surface area contributed by atoms with E-state index in [-0.39, 0.29) is 10.7 Å². The molecule has 0 aliphatic carbocycles. The predicted octanol–water partition coefficient (Wildman–Crippen LogP) is 2.90. The standard InChI is InChI=1S/C15H24N2OS/c1-15(2,3)19-11-14(18)16-10-12-7-6-8-13(9-12)17(4)5/h6-9H,10-11H2,1-5H3,(H,16,18). The van der Waals surface area contributed by atoms with Crippen LogP contribution in [0.2, 0.25) is 0 Å². The van der Waals surface area contributed by atoms with Gasteiger partial charge in [-0.2, -0.15) is 0 Å². The number of nitrogens with zero attached hydrogens (tertiary/aromatic N) is 1. The summed E-state index contributed by atoms with van der Waals surface area (Å²) in [5.74, 6) is 0.604. The lowest BCUT2D eigenvalue weighted by atomic mass is 10.2. The van der Waals surface area contributed by atoms with Gasteiger partial charge in [0.05, 0.1) is 5.75 Å². The topological polar surface area (TPSA) is 32.3 Å². The van der Waals surface area contributed by atoms with Crippen LogP contribution < -0.4 is 10.2 Å². The lowest BCUT2D eigenvalue weighted by Gasteiger charge is -2.17. The zero-order chi connectivity index (χ0) is 14.5. The van der Waals surface area contributed by atoms with Crippen LogP contribution in [0.4, 0.5) is 5.69 Å². The molecule has 0 saturated heterocycles. The van der Waals surface area contributed by atoms with E-state index in [1.165, 1.54) is 0 Å². The maximum Gasteiger partial charge on any atom is 0.230 e. The van der Waals surface area contributed by atoms with E-state index in [9.17, 15) is 4.79 Å². The highest BCUT2D eigenvalue weighted by atomic mass is 32.2. The highest BCUT2D eigenvalue weighted by Gasteiger charge is 2.13. The zero-order valence-electron chi connectivity index (χ0n) is 12.5. The first-order valence-electron chi connectivity index (χ1n) is 6.45. The molecule has 1 rings (SSSR count). The minimum Gasteiger partial charge on any atom is -0.378 e. The van der Waals surface area contributed by atoms with Crippen LogP contribution in [0, 0.1) is 0 Å². The van der Waals surface area contributed by atoms with E-state index in [1.54, 1.807) is 11.8 Å². The van der Waals surface area contributed by atoms with Gasteiger partial charge in [-0.05, 0) is 17.7 Å². The van der Waals surface area contributed by atoms with Gasteiger partial charge in [0, 0.05) is 31.1 Å². The van der Waals surface area contributed by atoms with Gasteiger partial charge in [0.1, 0.15) is 0 Å². The Morgan fingerprint density at radius 3 is 2.58 bits per heavy atom. The molecular weight excluding hydrogens is 256 g/mol. The average Bonchev–Trinajstić information content (AvgIpc) is 2.33. The monoisotopic (exact) mass is 280 g/mol. The fourth-order valence-electron chi connectivity index (χ4n) is 1.48. The van der Waals surface area contributed by atoms with Crippen molar-refractivity contribution in [3.8, 4) is 0 Å². The number of nitrogens with one attached hydrogen (secondary N) is 1. The van der Waals surface area contributed by atoms with Gasteiger partial charge >= 0.3 is 0 Å². The second-order valence-electron chi connectivity index (χ2n) is 5.74. The third-order valence-corrected chi connectivity index (χ3v) is 3.83. The maximum absolute atomic E-state index is 11.7.